The number of ether oxygens (including phenoxy) is 1. The molecule has 1 aliphatic heterocycles. The Hall–Kier alpha value is -2.57. The molecule has 0 radical (unpaired) electrons. The van der Waals surface area contributed by atoms with E-state index >= 15 is 0 Å². The van der Waals surface area contributed by atoms with Crippen molar-refractivity contribution in [3.8, 4) is 0 Å². The molecule has 1 unspecified atom stereocenters. The van der Waals surface area contributed by atoms with Crippen molar-refractivity contribution >= 4 is 66.7 Å². The molecular weight excluding hydrogens is 541 g/mol. The van der Waals surface area contributed by atoms with Crippen LogP contribution in [0.2, 0.25) is 0 Å². The van der Waals surface area contributed by atoms with Crippen molar-refractivity contribution in [2.24, 2.45) is 0 Å². The summed E-state index contributed by atoms with van der Waals surface area (Å²) in [6, 6.07) is 17.3. The van der Waals surface area contributed by atoms with Crippen molar-refractivity contribution in [2.45, 2.75) is 30.3 Å². The maximum absolute atomic E-state index is 13.4. The molecule has 38 heavy (non-hydrogen) atoms. The molecule has 0 saturated carbocycles. The minimum Gasteiger partial charge on any atom is -0.428 e. The second kappa shape index (κ2) is 11.7. The highest BCUT2D eigenvalue weighted by Crippen LogP contribution is 2.31. The van der Waals surface area contributed by atoms with E-state index in [2.05, 4.69) is 40.1 Å². The number of carbonyl (C=O) groups is 1. The van der Waals surface area contributed by atoms with Crippen LogP contribution in [0.1, 0.15) is 13.3 Å². The van der Waals surface area contributed by atoms with Crippen LogP contribution in [0, 0.1) is 0 Å². The van der Waals surface area contributed by atoms with Crippen LogP contribution in [-0.2, 0) is 21.3 Å². The Labute approximate surface area is 231 Å². The number of hydrogen-bond donors (Lipinski definition) is 1. The number of nitrogens with one attached hydrogen (secondary N) is 1. The number of thiophene rings is 1. The summed E-state index contributed by atoms with van der Waals surface area (Å²) in [5.41, 5.74) is 2.83. The summed E-state index contributed by atoms with van der Waals surface area (Å²) in [6.07, 6.45) is 1.46. The predicted molar refractivity (Wildman–Crippen MR) is 157 cm³/mol. The lowest BCUT2D eigenvalue weighted by molar-refractivity contribution is -0.0161. The van der Waals surface area contributed by atoms with Gasteiger partial charge >= 0.3 is 6.09 Å². The SMILES string of the molecule is CCn1c2ccccc2c2cc(NC(=O)OC3CN(CCCSC)CCN3S(=O)(=O)c3cccs3)ccc21. The molecule has 1 saturated heterocycles. The van der Waals surface area contributed by atoms with Crippen LogP contribution in [0.5, 0.6) is 0 Å². The second-order valence-electron chi connectivity index (χ2n) is 9.17. The minimum atomic E-state index is -3.77. The van der Waals surface area contributed by atoms with Crippen LogP contribution >= 0.6 is 23.1 Å². The fourth-order valence-electron chi connectivity index (χ4n) is 5.06. The molecule has 11 heteroatoms. The number of nitrogens with zero attached hydrogens (tertiary/aromatic N) is 3. The number of aryl methyl sites for hydroxylation is 1. The van der Waals surface area contributed by atoms with Gasteiger partial charge in [-0.15, -0.1) is 11.3 Å². The first-order valence-corrected chi connectivity index (χ1v) is 16.4. The summed E-state index contributed by atoms with van der Waals surface area (Å²) in [4.78, 5) is 15.3. The number of fused-ring (bicyclic) bond motifs is 3. The van der Waals surface area contributed by atoms with E-state index in [9.17, 15) is 13.2 Å². The van der Waals surface area contributed by atoms with Crippen LogP contribution < -0.4 is 5.32 Å². The average molecular weight is 573 g/mol. The lowest BCUT2D eigenvalue weighted by atomic mass is 10.1. The van der Waals surface area contributed by atoms with Crippen molar-refractivity contribution in [2.75, 3.05) is 43.5 Å². The number of rotatable bonds is 9. The number of hydrogen-bond acceptors (Lipinski definition) is 7. The minimum absolute atomic E-state index is 0.250. The van der Waals surface area contributed by atoms with Gasteiger partial charge in [0, 0.05) is 47.1 Å². The predicted octanol–water partition coefficient (Wildman–Crippen LogP) is 5.51. The van der Waals surface area contributed by atoms with Crippen LogP contribution in [0.25, 0.3) is 21.8 Å². The van der Waals surface area contributed by atoms with Crippen molar-refractivity contribution in [3.63, 3.8) is 0 Å². The molecule has 1 fully saturated rings. The quantitative estimate of drug-likeness (QED) is 0.266. The lowest BCUT2D eigenvalue weighted by Crippen LogP contribution is -2.56. The summed E-state index contributed by atoms with van der Waals surface area (Å²) in [5, 5.41) is 6.73. The number of thioether (sulfide) groups is 1. The zero-order valence-electron chi connectivity index (χ0n) is 21.5. The monoisotopic (exact) mass is 572 g/mol. The molecule has 1 amide bonds. The summed E-state index contributed by atoms with van der Waals surface area (Å²) in [6.45, 7) is 4.96. The Kier molecular flexibility index (Phi) is 8.29. The zero-order valence-corrected chi connectivity index (χ0v) is 23.9. The highest BCUT2D eigenvalue weighted by atomic mass is 32.2. The van der Waals surface area contributed by atoms with Gasteiger partial charge in [-0.3, -0.25) is 10.2 Å². The first kappa shape index (κ1) is 27.0. The van der Waals surface area contributed by atoms with Gasteiger partial charge in [0.25, 0.3) is 10.0 Å². The molecule has 5 rings (SSSR count). The molecule has 0 bridgehead atoms. The molecule has 3 heterocycles. The molecular formula is C27H32N4O4S3. The number of benzene rings is 2. The summed E-state index contributed by atoms with van der Waals surface area (Å²) in [7, 11) is -3.77. The molecule has 0 spiro atoms. The second-order valence-corrected chi connectivity index (χ2v) is 13.2. The standard InChI is InChI=1S/C27H32N4O4S3/c1-3-30-23-9-5-4-8-21(23)22-18-20(11-12-24(22)30)28-27(32)35-25-19-29(13-7-16-36-2)14-15-31(25)38(33,34)26-10-6-17-37-26/h4-6,8-12,17-18,25H,3,7,13-16,19H2,1-2H3,(H,28,32). The summed E-state index contributed by atoms with van der Waals surface area (Å²) in [5.74, 6) is 1.02. The third-order valence-corrected chi connectivity index (χ3v) is 10.8. The number of anilines is 1. The maximum Gasteiger partial charge on any atom is 0.413 e. The van der Waals surface area contributed by atoms with Gasteiger partial charge in [0.15, 0.2) is 6.23 Å². The van der Waals surface area contributed by atoms with E-state index < -0.39 is 22.3 Å². The summed E-state index contributed by atoms with van der Waals surface area (Å²) < 4.78 is 36.4. The molecule has 1 N–H and O–H groups in total. The van der Waals surface area contributed by atoms with E-state index in [0.29, 0.717) is 18.8 Å². The van der Waals surface area contributed by atoms with Gasteiger partial charge in [0.05, 0.1) is 6.54 Å². The smallest absolute Gasteiger partial charge is 0.413 e. The molecule has 4 aromatic rings. The normalized spacial score (nSPS) is 17.3. The first-order valence-electron chi connectivity index (χ1n) is 12.7. The highest BCUT2D eigenvalue weighted by Gasteiger charge is 2.39. The van der Waals surface area contributed by atoms with Crippen molar-refractivity contribution < 1.29 is 17.9 Å². The van der Waals surface area contributed by atoms with Gasteiger partial charge in [-0.05, 0) is 67.6 Å². The van der Waals surface area contributed by atoms with Gasteiger partial charge in [0.2, 0.25) is 0 Å². The fourth-order valence-corrected chi connectivity index (χ4v) is 8.09. The van der Waals surface area contributed by atoms with Crippen LogP contribution in [0.15, 0.2) is 64.2 Å². The number of amides is 1. The van der Waals surface area contributed by atoms with E-state index in [-0.39, 0.29) is 10.8 Å². The van der Waals surface area contributed by atoms with Gasteiger partial charge < -0.3 is 9.30 Å². The Morgan fingerprint density at radius 2 is 1.92 bits per heavy atom. The van der Waals surface area contributed by atoms with Gasteiger partial charge in [-0.25, -0.2) is 13.2 Å². The molecule has 202 valence electrons. The van der Waals surface area contributed by atoms with E-state index in [1.807, 2.05) is 30.3 Å². The number of sulfonamides is 1. The van der Waals surface area contributed by atoms with Gasteiger partial charge in [0.1, 0.15) is 4.21 Å². The molecule has 2 aromatic heterocycles. The number of piperazine rings is 1. The molecule has 2 aromatic carbocycles. The Morgan fingerprint density at radius 1 is 1.11 bits per heavy atom. The Balaban J connectivity index is 1.36. The maximum atomic E-state index is 13.4. The Morgan fingerprint density at radius 3 is 2.68 bits per heavy atom. The van der Waals surface area contributed by atoms with Crippen molar-refractivity contribution in [3.05, 3.63) is 60.0 Å². The third-order valence-electron chi connectivity index (χ3n) is 6.83. The molecule has 1 aliphatic rings. The lowest BCUT2D eigenvalue weighted by Gasteiger charge is -2.39. The molecule has 0 aliphatic carbocycles. The Bertz CT molecular complexity index is 1520. The van der Waals surface area contributed by atoms with E-state index in [4.69, 9.17) is 4.74 Å². The highest BCUT2D eigenvalue weighted by molar-refractivity contribution is 7.98. The van der Waals surface area contributed by atoms with Crippen LogP contribution in [0.3, 0.4) is 0 Å². The largest absolute Gasteiger partial charge is 0.428 e. The molecule has 1 atom stereocenters. The molecule has 8 nitrogen and oxygen atoms in total. The van der Waals surface area contributed by atoms with Crippen molar-refractivity contribution in [1.29, 1.82) is 0 Å². The third kappa shape index (κ3) is 5.43. The topological polar surface area (TPSA) is 83.9 Å². The summed E-state index contributed by atoms with van der Waals surface area (Å²) >= 11 is 2.95. The number of para-hydroxylation sites is 1. The van der Waals surface area contributed by atoms with Gasteiger partial charge in [-0.2, -0.15) is 16.1 Å². The van der Waals surface area contributed by atoms with Gasteiger partial charge in [-0.1, -0.05) is 24.3 Å². The van der Waals surface area contributed by atoms with E-state index in [0.717, 1.165) is 47.1 Å². The van der Waals surface area contributed by atoms with Crippen molar-refractivity contribution in [1.82, 2.24) is 13.8 Å². The van der Waals surface area contributed by atoms with Crippen LogP contribution in [0.4, 0.5) is 10.5 Å². The number of carbonyl (C=O) groups excluding carboxylic acids is 1. The zero-order chi connectivity index (χ0) is 26.7. The van der Waals surface area contributed by atoms with Crippen LogP contribution in [-0.4, -0.2) is 72.7 Å². The fraction of sp³-hybridized carbons (Fsp3) is 0.370. The first-order chi connectivity index (χ1) is 18.4. The van der Waals surface area contributed by atoms with E-state index in [1.165, 1.54) is 15.6 Å². The van der Waals surface area contributed by atoms with E-state index in [1.54, 1.807) is 29.3 Å². The average Bonchev–Trinajstić information content (AvgIpc) is 3.56. The number of aromatic nitrogens is 1.